The van der Waals surface area contributed by atoms with E-state index in [0.717, 1.165) is 67.7 Å². The Labute approximate surface area is 205 Å². The van der Waals surface area contributed by atoms with Crippen LogP contribution >= 0.6 is 11.3 Å². The van der Waals surface area contributed by atoms with E-state index in [9.17, 15) is 4.79 Å². The summed E-state index contributed by atoms with van der Waals surface area (Å²) in [7, 11) is 1.87. The van der Waals surface area contributed by atoms with Gasteiger partial charge in [-0.2, -0.15) is 0 Å². The topological polar surface area (TPSA) is 70.6 Å². The van der Waals surface area contributed by atoms with Crippen LogP contribution in [0.1, 0.15) is 41.1 Å². The number of thiophene rings is 1. The highest BCUT2D eigenvalue weighted by atomic mass is 32.1. The summed E-state index contributed by atoms with van der Waals surface area (Å²) >= 11 is 1.83. The molecule has 0 spiro atoms. The second-order valence-electron chi connectivity index (χ2n) is 9.18. The molecule has 0 saturated carbocycles. The molecular weight excluding hydrogens is 446 g/mol. The second kappa shape index (κ2) is 10.8. The predicted molar refractivity (Wildman–Crippen MR) is 136 cm³/mol. The van der Waals surface area contributed by atoms with E-state index in [0.29, 0.717) is 19.5 Å². The number of carbonyl (C=O) groups is 1. The van der Waals surface area contributed by atoms with Gasteiger partial charge in [0.05, 0.1) is 25.1 Å². The van der Waals surface area contributed by atoms with Crippen molar-refractivity contribution in [2.75, 3.05) is 45.2 Å². The van der Waals surface area contributed by atoms with E-state index in [-0.39, 0.29) is 5.91 Å². The largest absolute Gasteiger partial charge is 0.379 e. The first-order valence-corrected chi connectivity index (χ1v) is 13.1. The van der Waals surface area contributed by atoms with Gasteiger partial charge in [0.25, 0.3) is 0 Å². The highest BCUT2D eigenvalue weighted by Crippen LogP contribution is 2.38. The average molecular weight is 480 g/mol. The van der Waals surface area contributed by atoms with E-state index >= 15 is 0 Å². The fraction of sp³-hybridized carbons (Fsp3) is 0.500. The lowest BCUT2D eigenvalue weighted by atomic mass is 9.97. The molecule has 0 unspecified atom stereocenters. The van der Waals surface area contributed by atoms with E-state index in [4.69, 9.17) is 14.7 Å². The van der Waals surface area contributed by atoms with Crippen molar-refractivity contribution in [2.24, 2.45) is 0 Å². The number of anilines is 1. The highest BCUT2D eigenvalue weighted by Gasteiger charge is 2.22. The summed E-state index contributed by atoms with van der Waals surface area (Å²) in [6, 6.07) is 10.1. The number of nitrogens with one attached hydrogen (secondary N) is 1. The number of nitrogens with zero attached hydrogens (tertiary/aromatic N) is 4. The smallest absolute Gasteiger partial charge is 0.224 e. The average Bonchev–Trinajstić information content (AvgIpc) is 3.23. The zero-order valence-electron chi connectivity index (χ0n) is 19.9. The molecule has 1 saturated heterocycles. The van der Waals surface area contributed by atoms with E-state index in [2.05, 4.69) is 22.3 Å². The van der Waals surface area contributed by atoms with Gasteiger partial charge in [-0.25, -0.2) is 9.97 Å². The number of carbonyl (C=O) groups excluding carboxylic acids is 1. The molecule has 0 atom stereocenters. The van der Waals surface area contributed by atoms with Crippen LogP contribution in [-0.2, 0) is 35.5 Å². The number of fused-ring (bicyclic) bond motifs is 3. The van der Waals surface area contributed by atoms with E-state index < -0.39 is 0 Å². The van der Waals surface area contributed by atoms with Crippen LogP contribution in [0.15, 0.2) is 30.3 Å². The molecule has 1 aliphatic carbocycles. The Balaban J connectivity index is 1.30. The van der Waals surface area contributed by atoms with Crippen molar-refractivity contribution in [3.05, 3.63) is 52.2 Å². The standard InChI is InChI=1S/C26H33N5O2S/c1-30(17-19-7-3-2-4-8-19)23(32)11-12-27-25-24-20-9-5-6-10-21(20)34-26(24)29-22(28-25)18-31-13-15-33-16-14-31/h2-4,7-8H,5-6,9-18H2,1H3,(H,27,28,29). The number of aromatic nitrogens is 2. The summed E-state index contributed by atoms with van der Waals surface area (Å²) in [4.78, 5) is 29.4. The summed E-state index contributed by atoms with van der Waals surface area (Å²) in [5.41, 5.74) is 2.56. The number of amides is 1. The van der Waals surface area contributed by atoms with Crippen LogP contribution in [0.4, 0.5) is 5.82 Å². The number of aryl methyl sites for hydroxylation is 2. The number of hydrogen-bond donors (Lipinski definition) is 1. The molecule has 0 bridgehead atoms. The molecule has 1 aliphatic heterocycles. The molecule has 3 aromatic rings. The Hall–Kier alpha value is -2.55. The summed E-state index contributed by atoms with van der Waals surface area (Å²) in [6.07, 6.45) is 5.13. The van der Waals surface area contributed by atoms with Gasteiger partial charge in [0.15, 0.2) is 0 Å². The van der Waals surface area contributed by atoms with Gasteiger partial charge in [0.2, 0.25) is 5.91 Å². The van der Waals surface area contributed by atoms with Crippen molar-refractivity contribution in [3.63, 3.8) is 0 Å². The Morgan fingerprint density at radius 3 is 2.76 bits per heavy atom. The fourth-order valence-corrected chi connectivity index (χ4v) is 6.06. The summed E-state index contributed by atoms with van der Waals surface area (Å²) in [5.74, 6) is 1.87. The van der Waals surface area contributed by atoms with Crippen LogP contribution in [0, 0.1) is 0 Å². The van der Waals surface area contributed by atoms with Gasteiger partial charge in [-0.15, -0.1) is 11.3 Å². The number of hydrogen-bond acceptors (Lipinski definition) is 7. The van der Waals surface area contributed by atoms with Crippen LogP contribution in [0.2, 0.25) is 0 Å². The summed E-state index contributed by atoms with van der Waals surface area (Å²) in [5, 5.41) is 4.69. The SMILES string of the molecule is CN(Cc1ccccc1)C(=O)CCNc1nc(CN2CCOCC2)nc2sc3c(c12)CCCC3. The maximum Gasteiger partial charge on any atom is 0.224 e. The fourth-order valence-electron chi connectivity index (χ4n) is 4.78. The number of benzene rings is 1. The summed E-state index contributed by atoms with van der Waals surface area (Å²) < 4.78 is 5.49. The molecule has 3 heterocycles. The first-order valence-electron chi connectivity index (χ1n) is 12.3. The highest BCUT2D eigenvalue weighted by molar-refractivity contribution is 7.19. The zero-order chi connectivity index (χ0) is 23.3. The number of morpholine rings is 1. The predicted octanol–water partition coefficient (Wildman–Crippen LogP) is 3.86. The van der Waals surface area contributed by atoms with E-state index in [1.165, 1.54) is 28.7 Å². The van der Waals surface area contributed by atoms with Crippen LogP contribution in [0.3, 0.4) is 0 Å². The molecule has 8 heteroatoms. The van der Waals surface area contributed by atoms with E-state index in [1.54, 1.807) is 4.90 Å². The molecule has 1 fully saturated rings. The van der Waals surface area contributed by atoms with E-state index in [1.807, 2.05) is 36.6 Å². The van der Waals surface area contributed by atoms with Crippen molar-refractivity contribution >= 4 is 33.3 Å². The van der Waals surface area contributed by atoms with Crippen molar-refractivity contribution in [1.82, 2.24) is 19.8 Å². The quantitative estimate of drug-likeness (QED) is 0.529. The first kappa shape index (κ1) is 23.2. The van der Waals surface area contributed by atoms with Crippen molar-refractivity contribution in [2.45, 2.75) is 45.2 Å². The Morgan fingerprint density at radius 1 is 1.15 bits per heavy atom. The lowest BCUT2D eigenvalue weighted by Crippen LogP contribution is -2.36. The molecule has 1 aromatic carbocycles. The molecule has 2 aromatic heterocycles. The number of rotatable bonds is 8. The van der Waals surface area contributed by atoms with Gasteiger partial charge in [0, 0.05) is 44.5 Å². The lowest BCUT2D eigenvalue weighted by Gasteiger charge is -2.26. The molecule has 0 radical (unpaired) electrons. The molecule has 1 N–H and O–H groups in total. The third kappa shape index (κ3) is 5.40. The Morgan fingerprint density at radius 2 is 1.94 bits per heavy atom. The van der Waals surface area contributed by atoms with Crippen molar-refractivity contribution in [3.8, 4) is 0 Å². The van der Waals surface area contributed by atoms with Gasteiger partial charge in [-0.3, -0.25) is 9.69 Å². The van der Waals surface area contributed by atoms with Gasteiger partial charge in [-0.05, 0) is 36.8 Å². The molecular formula is C26H33N5O2S. The zero-order valence-corrected chi connectivity index (χ0v) is 20.7. The third-order valence-electron chi connectivity index (χ3n) is 6.65. The van der Waals surface area contributed by atoms with Crippen LogP contribution < -0.4 is 5.32 Å². The molecule has 180 valence electrons. The number of ether oxygens (including phenoxy) is 1. The maximum absolute atomic E-state index is 12.8. The molecule has 5 rings (SSSR count). The molecule has 2 aliphatic rings. The van der Waals surface area contributed by atoms with Crippen molar-refractivity contribution in [1.29, 1.82) is 0 Å². The van der Waals surface area contributed by atoms with Crippen LogP contribution in [0.25, 0.3) is 10.2 Å². The minimum absolute atomic E-state index is 0.127. The van der Waals surface area contributed by atoms with Crippen molar-refractivity contribution < 1.29 is 9.53 Å². The van der Waals surface area contributed by atoms with Crippen LogP contribution in [-0.4, -0.2) is 65.6 Å². The van der Waals surface area contributed by atoms with Gasteiger partial charge in [-0.1, -0.05) is 30.3 Å². The third-order valence-corrected chi connectivity index (χ3v) is 7.84. The van der Waals surface area contributed by atoms with Gasteiger partial charge in [0.1, 0.15) is 16.5 Å². The monoisotopic (exact) mass is 479 g/mol. The molecule has 7 nitrogen and oxygen atoms in total. The Bertz CT molecular complexity index is 1130. The van der Waals surface area contributed by atoms with Gasteiger partial charge < -0.3 is 15.0 Å². The maximum atomic E-state index is 12.8. The van der Waals surface area contributed by atoms with Gasteiger partial charge >= 0.3 is 0 Å². The van der Waals surface area contributed by atoms with Crippen LogP contribution in [0.5, 0.6) is 0 Å². The Kier molecular flexibility index (Phi) is 7.37. The second-order valence-corrected chi connectivity index (χ2v) is 10.3. The molecule has 34 heavy (non-hydrogen) atoms. The summed E-state index contributed by atoms with van der Waals surface area (Å²) in [6.45, 7) is 5.26. The molecule has 1 amide bonds. The lowest BCUT2D eigenvalue weighted by molar-refractivity contribution is -0.130. The minimum atomic E-state index is 0.127. The minimum Gasteiger partial charge on any atom is -0.379 e. The first-order chi connectivity index (χ1) is 16.7. The normalized spacial score (nSPS) is 16.4.